The summed E-state index contributed by atoms with van der Waals surface area (Å²) in [5.74, 6) is -0.499. The number of allylic oxidation sites excluding steroid dienone is 2. The van der Waals surface area contributed by atoms with E-state index in [-0.39, 0.29) is 32.3 Å². The first-order chi connectivity index (χ1) is 10.5. The van der Waals surface area contributed by atoms with E-state index < -0.39 is 0 Å². The molecule has 0 aromatic heterocycles. The van der Waals surface area contributed by atoms with Gasteiger partial charge in [0.15, 0.2) is 5.78 Å². The van der Waals surface area contributed by atoms with Crippen molar-refractivity contribution in [1.82, 2.24) is 0 Å². The number of benzene rings is 2. The number of carbonyl (C=O) groups excluding carboxylic acids is 2. The van der Waals surface area contributed by atoms with Crippen LogP contribution < -0.4 is 5.32 Å². The third-order valence-corrected chi connectivity index (χ3v) is 4.42. The molecule has 0 atom stereocenters. The van der Waals surface area contributed by atoms with E-state index in [0.717, 1.165) is 0 Å². The van der Waals surface area contributed by atoms with E-state index in [1.54, 1.807) is 24.3 Å². The predicted octanol–water partition coefficient (Wildman–Crippen LogP) is 5.02. The molecule has 0 fully saturated rings. The molecule has 2 aromatic rings. The molecule has 0 radical (unpaired) electrons. The molecule has 1 aliphatic rings. The normalized spacial score (nSPS) is 13.7. The maximum atomic E-state index is 12.4. The van der Waals surface area contributed by atoms with Crippen LogP contribution in [0.5, 0.6) is 0 Å². The van der Waals surface area contributed by atoms with Gasteiger partial charge in [-0.2, -0.15) is 0 Å². The number of ketones is 2. The van der Waals surface area contributed by atoms with Gasteiger partial charge >= 0.3 is 0 Å². The van der Waals surface area contributed by atoms with Gasteiger partial charge in [0.1, 0.15) is 0 Å². The molecule has 3 rings (SSSR count). The van der Waals surface area contributed by atoms with E-state index in [4.69, 9.17) is 34.8 Å². The zero-order chi connectivity index (χ0) is 15.9. The van der Waals surface area contributed by atoms with E-state index >= 15 is 0 Å². The van der Waals surface area contributed by atoms with Crippen LogP contribution in [0.1, 0.15) is 20.7 Å². The molecule has 0 bridgehead atoms. The van der Waals surface area contributed by atoms with Gasteiger partial charge in [0.25, 0.3) is 0 Å². The van der Waals surface area contributed by atoms with Crippen LogP contribution in [0.4, 0.5) is 5.69 Å². The Morgan fingerprint density at radius 2 is 1.45 bits per heavy atom. The molecule has 0 unspecified atom stereocenters. The molecule has 0 spiro atoms. The van der Waals surface area contributed by atoms with E-state index in [9.17, 15) is 9.59 Å². The van der Waals surface area contributed by atoms with Gasteiger partial charge in [-0.05, 0) is 12.1 Å². The molecule has 1 N–H and O–H groups in total. The van der Waals surface area contributed by atoms with Crippen LogP contribution in [0.25, 0.3) is 0 Å². The number of hydrogen-bond acceptors (Lipinski definition) is 3. The summed E-state index contributed by atoms with van der Waals surface area (Å²) in [6.07, 6.45) is 1.26. The van der Waals surface area contributed by atoms with Crippen molar-refractivity contribution >= 4 is 52.1 Å². The van der Waals surface area contributed by atoms with Gasteiger partial charge in [-0.25, -0.2) is 0 Å². The van der Waals surface area contributed by atoms with Crippen LogP contribution >= 0.6 is 34.8 Å². The Labute approximate surface area is 141 Å². The molecule has 0 heterocycles. The van der Waals surface area contributed by atoms with Gasteiger partial charge in [-0.1, -0.05) is 59.1 Å². The Bertz CT molecular complexity index is 820. The molecular formula is C16H8Cl3NO2. The van der Waals surface area contributed by atoms with Crippen LogP contribution in [0.2, 0.25) is 15.1 Å². The fraction of sp³-hybridized carbons (Fsp3) is 0. The van der Waals surface area contributed by atoms with Gasteiger partial charge in [-0.3, -0.25) is 9.59 Å². The minimum absolute atomic E-state index is 0.165. The molecule has 1 aliphatic carbocycles. The van der Waals surface area contributed by atoms with E-state index in [0.29, 0.717) is 16.8 Å². The van der Waals surface area contributed by atoms with E-state index in [1.165, 1.54) is 18.2 Å². The van der Waals surface area contributed by atoms with Crippen molar-refractivity contribution in [2.45, 2.75) is 0 Å². The molecule has 0 amide bonds. The molecule has 0 aliphatic heterocycles. The van der Waals surface area contributed by atoms with Gasteiger partial charge in [0.05, 0.1) is 20.8 Å². The van der Waals surface area contributed by atoms with Crippen LogP contribution in [-0.4, -0.2) is 11.6 Å². The first-order valence-corrected chi connectivity index (χ1v) is 7.42. The number of anilines is 1. The molecule has 0 saturated carbocycles. The zero-order valence-electron chi connectivity index (χ0n) is 11.0. The number of Topliss-reactive ketones (excluding diaryl/α,β-unsaturated/α-hetero) is 1. The second kappa shape index (κ2) is 5.76. The van der Waals surface area contributed by atoms with Gasteiger partial charge in [0, 0.05) is 22.9 Å². The third kappa shape index (κ3) is 2.63. The fourth-order valence-electron chi connectivity index (χ4n) is 2.19. The third-order valence-electron chi connectivity index (χ3n) is 3.22. The summed E-state index contributed by atoms with van der Waals surface area (Å²) in [6, 6.07) is 9.74. The zero-order valence-corrected chi connectivity index (χ0v) is 13.3. The Morgan fingerprint density at radius 3 is 2.09 bits per heavy atom. The quantitative estimate of drug-likeness (QED) is 0.772. The van der Waals surface area contributed by atoms with Crippen LogP contribution in [0.15, 0.2) is 48.2 Å². The lowest BCUT2D eigenvalue weighted by molar-refractivity contribution is 0.0985. The van der Waals surface area contributed by atoms with Crippen molar-refractivity contribution in [1.29, 1.82) is 0 Å². The Morgan fingerprint density at radius 1 is 0.864 bits per heavy atom. The Balaban J connectivity index is 1.97. The van der Waals surface area contributed by atoms with Crippen molar-refractivity contribution in [3.05, 3.63) is 74.4 Å². The van der Waals surface area contributed by atoms with Gasteiger partial charge < -0.3 is 5.32 Å². The highest BCUT2D eigenvalue weighted by molar-refractivity contribution is 6.48. The van der Waals surface area contributed by atoms with Crippen molar-refractivity contribution < 1.29 is 9.59 Å². The highest BCUT2D eigenvalue weighted by Crippen LogP contribution is 2.34. The van der Waals surface area contributed by atoms with Crippen LogP contribution in [0.3, 0.4) is 0 Å². The number of halogens is 3. The summed E-state index contributed by atoms with van der Waals surface area (Å²) in [6.45, 7) is 0. The molecule has 3 nitrogen and oxygen atoms in total. The van der Waals surface area contributed by atoms with Crippen molar-refractivity contribution in [2.75, 3.05) is 5.32 Å². The standard InChI is InChI=1S/C16H8Cl3NO2/c17-11-5-8(6-12(18)15(11)19)20-13-7-14(21)9-3-1-2-4-10(9)16(13)22/h1-7,20H. The van der Waals surface area contributed by atoms with Crippen LogP contribution in [-0.2, 0) is 0 Å². The van der Waals surface area contributed by atoms with E-state index in [1.807, 2.05) is 0 Å². The first kappa shape index (κ1) is 15.1. The highest BCUT2D eigenvalue weighted by atomic mass is 35.5. The number of fused-ring (bicyclic) bond motifs is 1. The highest BCUT2D eigenvalue weighted by Gasteiger charge is 2.25. The maximum absolute atomic E-state index is 12.4. The Kier molecular flexibility index (Phi) is 3.96. The fourth-order valence-corrected chi connectivity index (χ4v) is 2.79. The number of rotatable bonds is 2. The smallest absolute Gasteiger partial charge is 0.210 e. The number of carbonyl (C=O) groups is 2. The van der Waals surface area contributed by atoms with Gasteiger partial charge in [0.2, 0.25) is 5.78 Å². The molecule has 2 aromatic carbocycles. The topological polar surface area (TPSA) is 46.2 Å². The SMILES string of the molecule is O=C1C=C(Nc2cc(Cl)c(Cl)c(Cl)c2)C(=O)c2ccccc21. The monoisotopic (exact) mass is 351 g/mol. The lowest BCUT2D eigenvalue weighted by Gasteiger charge is -2.17. The molecule has 6 heteroatoms. The predicted molar refractivity (Wildman–Crippen MR) is 88.3 cm³/mol. The number of hydrogen-bond donors (Lipinski definition) is 1. The maximum Gasteiger partial charge on any atom is 0.210 e. The summed E-state index contributed by atoms with van der Waals surface area (Å²) in [5.41, 5.74) is 1.40. The van der Waals surface area contributed by atoms with Crippen molar-refractivity contribution in [2.24, 2.45) is 0 Å². The summed E-state index contributed by atoms with van der Waals surface area (Å²) < 4.78 is 0. The molecule has 22 heavy (non-hydrogen) atoms. The molecule has 110 valence electrons. The summed E-state index contributed by atoms with van der Waals surface area (Å²) in [5, 5.41) is 3.62. The minimum Gasteiger partial charge on any atom is -0.352 e. The van der Waals surface area contributed by atoms with E-state index in [2.05, 4.69) is 5.32 Å². The molecule has 0 saturated heterocycles. The summed E-state index contributed by atoms with van der Waals surface area (Å²) in [4.78, 5) is 24.5. The molecular weight excluding hydrogens is 345 g/mol. The van der Waals surface area contributed by atoms with Gasteiger partial charge in [-0.15, -0.1) is 0 Å². The first-order valence-electron chi connectivity index (χ1n) is 6.28. The van der Waals surface area contributed by atoms with Crippen molar-refractivity contribution in [3.63, 3.8) is 0 Å². The van der Waals surface area contributed by atoms with Crippen LogP contribution in [0, 0.1) is 0 Å². The average Bonchev–Trinajstić information content (AvgIpc) is 2.50. The summed E-state index contributed by atoms with van der Waals surface area (Å²) >= 11 is 17.8. The average molecular weight is 353 g/mol. The lowest BCUT2D eigenvalue weighted by Crippen LogP contribution is -2.21. The summed E-state index contributed by atoms with van der Waals surface area (Å²) in [7, 11) is 0. The van der Waals surface area contributed by atoms with Crippen molar-refractivity contribution in [3.8, 4) is 0 Å². The Hall–Kier alpha value is -1.81. The second-order valence-corrected chi connectivity index (χ2v) is 5.87. The lowest BCUT2D eigenvalue weighted by atomic mass is 9.92. The number of nitrogens with one attached hydrogen (secondary N) is 1. The largest absolute Gasteiger partial charge is 0.352 e. The second-order valence-electron chi connectivity index (χ2n) is 4.68. The minimum atomic E-state index is -0.266.